The molecular weight excluding hydrogens is 236 g/mol. The molecule has 3 nitrogen and oxygen atoms in total. The van der Waals surface area contributed by atoms with Crippen LogP contribution in [-0.4, -0.2) is 29.9 Å². The molecule has 0 radical (unpaired) electrons. The number of hydrogen-bond donors (Lipinski definition) is 1. The zero-order valence-electron chi connectivity index (χ0n) is 11.8. The van der Waals surface area contributed by atoms with E-state index in [2.05, 4.69) is 4.90 Å². The monoisotopic (exact) mass is 262 g/mol. The standard InChI is InChI=1S/C16H26N2O/c17-9-12-4-2-1-3-7-18(12)16(19)15-13-10-5-6-11(8-10)14(13)15/h10-15H,1-9,17H2. The second-order valence-electron chi connectivity index (χ2n) is 7.28. The van der Waals surface area contributed by atoms with Gasteiger partial charge < -0.3 is 10.6 Å². The summed E-state index contributed by atoms with van der Waals surface area (Å²) in [5, 5.41) is 0. The number of fused-ring (bicyclic) bond motifs is 5. The number of hydrogen-bond acceptors (Lipinski definition) is 2. The molecule has 19 heavy (non-hydrogen) atoms. The fourth-order valence-corrected chi connectivity index (χ4v) is 5.56. The maximum absolute atomic E-state index is 12.9. The summed E-state index contributed by atoms with van der Waals surface area (Å²) >= 11 is 0. The highest BCUT2D eigenvalue weighted by atomic mass is 16.2. The first kappa shape index (κ1) is 12.2. The summed E-state index contributed by atoms with van der Waals surface area (Å²) < 4.78 is 0. The predicted octanol–water partition coefficient (Wildman–Crippen LogP) is 2.01. The van der Waals surface area contributed by atoms with Gasteiger partial charge >= 0.3 is 0 Å². The number of carbonyl (C=O) groups is 1. The molecule has 4 fully saturated rings. The number of nitrogens with zero attached hydrogens (tertiary/aromatic N) is 1. The molecule has 1 aliphatic heterocycles. The van der Waals surface area contributed by atoms with Crippen LogP contribution in [-0.2, 0) is 4.79 Å². The molecule has 0 spiro atoms. The van der Waals surface area contributed by atoms with Crippen LogP contribution in [0.15, 0.2) is 0 Å². The van der Waals surface area contributed by atoms with Crippen molar-refractivity contribution in [3.63, 3.8) is 0 Å². The molecule has 5 atom stereocenters. The van der Waals surface area contributed by atoms with E-state index in [0.29, 0.717) is 24.4 Å². The van der Waals surface area contributed by atoms with E-state index in [1.54, 1.807) is 0 Å². The van der Waals surface area contributed by atoms with Gasteiger partial charge in [-0.15, -0.1) is 0 Å². The number of amides is 1. The first-order valence-corrected chi connectivity index (χ1v) is 8.32. The molecule has 4 rings (SSSR count). The van der Waals surface area contributed by atoms with E-state index in [1.165, 1.54) is 38.5 Å². The second kappa shape index (κ2) is 4.47. The molecule has 1 amide bonds. The molecule has 0 aromatic heterocycles. The minimum atomic E-state index is 0.328. The SMILES string of the molecule is NCC1CCCCCN1C(=O)C1C2C3CCC(C3)C12. The summed E-state index contributed by atoms with van der Waals surface area (Å²) in [6.07, 6.45) is 9.04. The number of likely N-dealkylation sites (tertiary alicyclic amines) is 1. The van der Waals surface area contributed by atoms with Crippen molar-refractivity contribution in [2.24, 2.45) is 35.3 Å². The molecule has 3 saturated carbocycles. The Morgan fingerprint density at radius 1 is 1.05 bits per heavy atom. The lowest BCUT2D eigenvalue weighted by Crippen LogP contribution is -2.45. The molecule has 2 bridgehead atoms. The topological polar surface area (TPSA) is 46.3 Å². The largest absolute Gasteiger partial charge is 0.338 e. The fourth-order valence-electron chi connectivity index (χ4n) is 5.56. The summed E-state index contributed by atoms with van der Waals surface area (Å²) in [4.78, 5) is 15.1. The summed E-state index contributed by atoms with van der Waals surface area (Å²) in [6.45, 7) is 1.62. The van der Waals surface area contributed by atoms with Crippen LogP contribution < -0.4 is 5.73 Å². The molecule has 1 saturated heterocycles. The van der Waals surface area contributed by atoms with Crippen molar-refractivity contribution < 1.29 is 4.79 Å². The highest BCUT2D eigenvalue weighted by molar-refractivity contribution is 5.83. The van der Waals surface area contributed by atoms with Crippen molar-refractivity contribution in [2.75, 3.05) is 13.1 Å². The van der Waals surface area contributed by atoms with Crippen molar-refractivity contribution in [3.05, 3.63) is 0 Å². The van der Waals surface area contributed by atoms with Gasteiger partial charge in [-0.3, -0.25) is 4.79 Å². The van der Waals surface area contributed by atoms with Gasteiger partial charge in [0.2, 0.25) is 5.91 Å². The molecule has 4 aliphatic rings. The fraction of sp³-hybridized carbons (Fsp3) is 0.938. The maximum atomic E-state index is 12.9. The molecule has 2 N–H and O–H groups in total. The van der Waals surface area contributed by atoms with Crippen molar-refractivity contribution in [1.29, 1.82) is 0 Å². The van der Waals surface area contributed by atoms with Gasteiger partial charge in [-0.2, -0.15) is 0 Å². The Morgan fingerprint density at radius 2 is 1.79 bits per heavy atom. The highest BCUT2D eigenvalue weighted by Gasteiger charge is 2.68. The van der Waals surface area contributed by atoms with Crippen LogP contribution in [0.2, 0.25) is 0 Å². The van der Waals surface area contributed by atoms with Crippen molar-refractivity contribution >= 4 is 5.91 Å². The Kier molecular flexibility index (Phi) is 2.87. The van der Waals surface area contributed by atoms with Gasteiger partial charge in [-0.25, -0.2) is 0 Å². The Balaban J connectivity index is 1.48. The number of rotatable bonds is 2. The molecule has 3 heteroatoms. The number of nitrogens with two attached hydrogens (primary N) is 1. The molecule has 0 aromatic carbocycles. The van der Waals surface area contributed by atoms with Crippen LogP contribution >= 0.6 is 0 Å². The van der Waals surface area contributed by atoms with Gasteiger partial charge in [-0.05, 0) is 55.8 Å². The quantitative estimate of drug-likeness (QED) is 0.827. The van der Waals surface area contributed by atoms with Crippen LogP contribution in [0.25, 0.3) is 0 Å². The normalized spacial score (nSPS) is 47.9. The van der Waals surface area contributed by atoms with Crippen LogP contribution in [0.1, 0.15) is 44.9 Å². The zero-order valence-corrected chi connectivity index (χ0v) is 11.8. The summed E-state index contributed by atoms with van der Waals surface area (Å²) in [7, 11) is 0. The first-order valence-electron chi connectivity index (χ1n) is 8.32. The Labute approximate surface area is 115 Å². The zero-order chi connectivity index (χ0) is 13.0. The lowest BCUT2D eigenvalue weighted by atomic mass is 10.0. The third-order valence-electron chi connectivity index (χ3n) is 6.45. The van der Waals surface area contributed by atoms with Crippen molar-refractivity contribution in [3.8, 4) is 0 Å². The molecule has 106 valence electrons. The molecule has 1 heterocycles. The smallest absolute Gasteiger partial charge is 0.226 e. The van der Waals surface area contributed by atoms with Crippen molar-refractivity contribution in [1.82, 2.24) is 4.90 Å². The second-order valence-corrected chi connectivity index (χ2v) is 7.28. The van der Waals surface area contributed by atoms with Crippen LogP contribution in [0.4, 0.5) is 0 Å². The summed E-state index contributed by atoms with van der Waals surface area (Å²) in [6, 6.07) is 0.328. The average Bonchev–Trinajstić information content (AvgIpc) is 2.99. The van der Waals surface area contributed by atoms with E-state index in [1.807, 2.05) is 0 Å². The molecule has 0 aromatic rings. The van der Waals surface area contributed by atoms with E-state index in [9.17, 15) is 4.79 Å². The Hall–Kier alpha value is -0.570. The van der Waals surface area contributed by atoms with Crippen LogP contribution in [0.5, 0.6) is 0 Å². The van der Waals surface area contributed by atoms with Gasteiger partial charge in [0.05, 0.1) is 0 Å². The van der Waals surface area contributed by atoms with Gasteiger partial charge in [0.25, 0.3) is 0 Å². The van der Waals surface area contributed by atoms with E-state index >= 15 is 0 Å². The Bertz CT molecular complexity index is 367. The van der Waals surface area contributed by atoms with Crippen LogP contribution in [0, 0.1) is 29.6 Å². The van der Waals surface area contributed by atoms with Gasteiger partial charge in [0, 0.05) is 25.0 Å². The summed E-state index contributed by atoms with van der Waals surface area (Å²) in [5.41, 5.74) is 5.91. The molecule has 3 aliphatic carbocycles. The van der Waals surface area contributed by atoms with Crippen LogP contribution in [0.3, 0.4) is 0 Å². The minimum Gasteiger partial charge on any atom is -0.338 e. The third kappa shape index (κ3) is 1.77. The molecular formula is C16H26N2O. The van der Waals surface area contributed by atoms with E-state index < -0.39 is 0 Å². The molecule has 5 unspecified atom stereocenters. The lowest BCUT2D eigenvalue weighted by Gasteiger charge is -2.30. The van der Waals surface area contributed by atoms with Gasteiger partial charge in [0.15, 0.2) is 0 Å². The van der Waals surface area contributed by atoms with E-state index in [4.69, 9.17) is 5.73 Å². The summed E-state index contributed by atoms with van der Waals surface area (Å²) in [5.74, 6) is 4.21. The Morgan fingerprint density at radius 3 is 2.47 bits per heavy atom. The average molecular weight is 262 g/mol. The van der Waals surface area contributed by atoms with E-state index in [0.717, 1.165) is 36.6 Å². The van der Waals surface area contributed by atoms with Crippen molar-refractivity contribution in [2.45, 2.75) is 51.0 Å². The lowest BCUT2D eigenvalue weighted by molar-refractivity contribution is -0.135. The predicted molar refractivity (Wildman–Crippen MR) is 74.3 cm³/mol. The minimum absolute atomic E-state index is 0.328. The number of carbonyl (C=O) groups excluding carboxylic acids is 1. The van der Waals surface area contributed by atoms with Gasteiger partial charge in [0.1, 0.15) is 0 Å². The van der Waals surface area contributed by atoms with E-state index in [-0.39, 0.29) is 0 Å². The first-order chi connectivity index (χ1) is 9.31. The highest BCUT2D eigenvalue weighted by Crippen LogP contribution is 2.69. The van der Waals surface area contributed by atoms with Gasteiger partial charge in [-0.1, -0.05) is 12.8 Å². The maximum Gasteiger partial charge on any atom is 0.226 e. The third-order valence-corrected chi connectivity index (χ3v) is 6.45.